The number of rotatable bonds is 9. The number of likely N-dealkylation sites (tertiary alicyclic amines) is 1. The third-order valence-electron chi connectivity index (χ3n) is 5.62. The highest BCUT2D eigenvalue weighted by molar-refractivity contribution is 7.99. The van der Waals surface area contributed by atoms with Crippen LogP contribution in [-0.2, 0) is 6.54 Å². The van der Waals surface area contributed by atoms with Crippen molar-refractivity contribution in [1.29, 1.82) is 0 Å². The molecule has 1 aliphatic heterocycles. The molecular formula is C23H34FN5OS. The summed E-state index contributed by atoms with van der Waals surface area (Å²) >= 11 is 1.74. The highest BCUT2D eigenvalue weighted by atomic mass is 32.2. The Morgan fingerprint density at radius 2 is 1.97 bits per heavy atom. The van der Waals surface area contributed by atoms with Crippen LogP contribution in [0.5, 0.6) is 0 Å². The Labute approximate surface area is 189 Å². The van der Waals surface area contributed by atoms with Crippen molar-refractivity contribution in [3.05, 3.63) is 47.4 Å². The van der Waals surface area contributed by atoms with E-state index < -0.39 is 0 Å². The summed E-state index contributed by atoms with van der Waals surface area (Å²) in [5, 5.41) is 6.86. The Morgan fingerprint density at radius 1 is 1.23 bits per heavy atom. The van der Waals surface area contributed by atoms with Gasteiger partial charge in [0.05, 0.1) is 12.2 Å². The van der Waals surface area contributed by atoms with Gasteiger partial charge in [0.1, 0.15) is 11.6 Å². The van der Waals surface area contributed by atoms with Gasteiger partial charge in [0.15, 0.2) is 5.96 Å². The van der Waals surface area contributed by atoms with Gasteiger partial charge in [-0.3, -0.25) is 9.89 Å². The Hall–Kier alpha value is -2.06. The molecule has 0 atom stereocenters. The smallest absolute Gasteiger partial charge is 0.208 e. The molecule has 2 N–H and O–H groups in total. The van der Waals surface area contributed by atoms with Gasteiger partial charge < -0.3 is 15.1 Å². The lowest BCUT2D eigenvalue weighted by atomic mass is 9.97. The van der Waals surface area contributed by atoms with E-state index in [9.17, 15) is 4.39 Å². The van der Waals surface area contributed by atoms with Crippen LogP contribution in [0.15, 0.2) is 38.6 Å². The molecule has 0 saturated carbocycles. The summed E-state index contributed by atoms with van der Waals surface area (Å²) in [5.74, 6) is 4.05. The molecule has 2 heterocycles. The zero-order valence-electron chi connectivity index (χ0n) is 18.8. The Balaban J connectivity index is 1.27. The van der Waals surface area contributed by atoms with Crippen LogP contribution in [0.2, 0.25) is 0 Å². The van der Waals surface area contributed by atoms with E-state index in [-0.39, 0.29) is 5.82 Å². The quantitative estimate of drug-likeness (QED) is 0.262. The van der Waals surface area contributed by atoms with E-state index in [4.69, 9.17) is 4.42 Å². The number of nitrogens with one attached hydrogen (secondary N) is 2. The number of hydrogen-bond acceptors (Lipinski definition) is 5. The molecule has 0 bridgehead atoms. The average Bonchev–Trinajstić information content (AvgIpc) is 3.09. The summed E-state index contributed by atoms with van der Waals surface area (Å²) in [6.07, 6.45) is 3.34. The van der Waals surface area contributed by atoms with Crippen LogP contribution in [0.3, 0.4) is 0 Å². The van der Waals surface area contributed by atoms with E-state index in [0.29, 0.717) is 5.92 Å². The third kappa shape index (κ3) is 7.85. The molecule has 8 heteroatoms. The summed E-state index contributed by atoms with van der Waals surface area (Å²) in [6, 6.07) is 6.66. The van der Waals surface area contributed by atoms with E-state index in [2.05, 4.69) is 25.5 Å². The molecule has 6 nitrogen and oxygen atoms in total. The third-order valence-corrected chi connectivity index (χ3v) is 6.71. The van der Waals surface area contributed by atoms with Crippen LogP contribution in [0, 0.1) is 25.6 Å². The van der Waals surface area contributed by atoms with Crippen molar-refractivity contribution in [3.8, 4) is 0 Å². The number of guanidine groups is 1. The van der Waals surface area contributed by atoms with Gasteiger partial charge in [0.2, 0.25) is 5.89 Å². The largest absolute Gasteiger partial charge is 0.444 e. The molecule has 1 aromatic carbocycles. The lowest BCUT2D eigenvalue weighted by Gasteiger charge is -2.31. The standard InChI is InChI=1S/C23H34FN5OS/c1-17-18(2)30-22(28-17)16-29-12-9-19(10-13-29)15-27-23(25-3)26-11-4-14-31-21-7-5-20(24)6-8-21/h5-8,19H,4,9-16H2,1-3H3,(H2,25,26,27). The molecular weight excluding hydrogens is 413 g/mol. The van der Waals surface area contributed by atoms with E-state index >= 15 is 0 Å². The van der Waals surface area contributed by atoms with Crippen molar-refractivity contribution < 1.29 is 8.81 Å². The van der Waals surface area contributed by atoms with Crippen molar-refractivity contribution >= 4 is 17.7 Å². The van der Waals surface area contributed by atoms with E-state index in [1.54, 1.807) is 11.8 Å². The molecule has 2 aromatic rings. The minimum absolute atomic E-state index is 0.189. The molecule has 1 fully saturated rings. The molecule has 31 heavy (non-hydrogen) atoms. The Bertz CT molecular complexity index is 811. The SMILES string of the molecule is CN=C(NCCCSc1ccc(F)cc1)NCC1CCN(Cc2nc(C)c(C)o2)CC1. The van der Waals surface area contributed by atoms with Crippen LogP contribution in [0.1, 0.15) is 36.6 Å². The second kappa shape index (κ2) is 12.1. The maximum absolute atomic E-state index is 12.9. The van der Waals surface area contributed by atoms with Crippen molar-refractivity contribution in [1.82, 2.24) is 20.5 Å². The fourth-order valence-corrected chi connectivity index (χ4v) is 4.46. The van der Waals surface area contributed by atoms with Gasteiger partial charge in [-0.15, -0.1) is 11.8 Å². The van der Waals surface area contributed by atoms with Gasteiger partial charge in [-0.2, -0.15) is 0 Å². The van der Waals surface area contributed by atoms with Crippen molar-refractivity contribution in [2.24, 2.45) is 10.9 Å². The molecule has 1 aromatic heterocycles. The van der Waals surface area contributed by atoms with Crippen LogP contribution < -0.4 is 10.6 Å². The number of hydrogen-bond donors (Lipinski definition) is 2. The van der Waals surface area contributed by atoms with Crippen molar-refractivity contribution in [2.75, 3.05) is 39.0 Å². The number of oxazole rings is 1. The number of aromatic nitrogens is 1. The Morgan fingerprint density at radius 3 is 2.61 bits per heavy atom. The lowest BCUT2D eigenvalue weighted by molar-refractivity contribution is 0.164. The normalized spacial score (nSPS) is 15.9. The van der Waals surface area contributed by atoms with Crippen LogP contribution in [0.25, 0.3) is 0 Å². The summed E-state index contributed by atoms with van der Waals surface area (Å²) in [6.45, 7) is 8.70. The summed E-state index contributed by atoms with van der Waals surface area (Å²) in [4.78, 5) is 12.4. The first-order chi connectivity index (χ1) is 15.0. The molecule has 170 valence electrons. The molecule has 0 radical (unpaired) electrons. The first-order valence-electron chi connectivity index (χ1n) is 11.0. The van der Waals surface area contributed by atoms with E-state index in [1.165, 1.54) is 12.1 Å². The van der Waals surface area contributed by atoms with Gasteiger partial charge in [-0.1, -0.05) is 0 Å². The van der Waals surface area contributed by atoms with Crippen molar-refractivity contribution in [3.63, 3.8) is 0 Å². The average molecular weight is 448 g/mol. The van der Waals surface area contributed by atoms with Gasteiger partial charge in [0.25, 0.3) is 0 Å². The molecule has 1 aliphatic rings. The number of aryl methyl sites for hydroxylation is 2. The molecule has 0 amide bonds. The van der Waals surface area contributed by atoms with Gasteiger partial charge in [-0.25, -0.2) is 9.37 Å². The number of nitrogens with zero attached hydrogens (tertiary/aromatic N) is 3. The fraction of sp³-hybridized carbons (Fsp3) is 0.565. The minimum Gasteiger partial charge on any atom is -0.444 e. The fourth-order valence-electron chi connectivity index (χ4n) is 3.61. The predicted octanol–water partition coefficient (Wildman–Crippen LogP) is 3.99. The number of thioether (sulfide) groups is 1. The summed E-state index contributed by atoms with van der Waals surface area (Å²) in [5.41, 5.74) is 0.988. The molecule has 0 spiro atoms. The monoisotopic (exact) mass is 447 g/mol. The number of piperidine rings is 1. The van der Waals surface area contributed by atoms with E-state index in [0.717, 1.165) is 85.9 Å². The zero-order chi connectivity index (χ0) is 22.1. The summed E-state index contributed by atoms with van der Waals surface area (Å²) in [7, 11) is 1.81. The topological polar surface area (TPSA) is 65.7 Å². The first kappa shape index (κ1) is 23.6. The summed E-state index contributed by atoms with van der Waals surface area (Å²) < 4.78 is 18.7. The van der Waals surface area contributed by atoms with Crippen LogP contribution in [0.4, 0.5) is 4.39 Å². The predicted molar refractivity (Wildman–Crippen MR) is 125 cm³/mol. The first-order valence-corrected chi connectivity index (χ1v) is 12.0. The maximum atomic E-state index is 12.9. The maximum Gasteiger partial charge on any atom is 0.208 e. The molecule has 0 aliphatic carbocycles. The van der Waals surface area contributed by atoms with Gasteiger partial charge >= 0.3 is 0 Å². The minimum atomic E-state index is -0.189. The van der Waals surface area contributed by atoms with Gasteiger partial charge in [0, 0.05) is 25.0 Å². The second-order valence-corrected chi connectivity index (χ2v) is 9.17. The van der Waals surface area contributed by atoms with Gasteiger partial charge in [-0.05, 0) is 82.1 Å². The second-order valence-electron chi connectivity index (χ2n) is 8.00. The van der Waals surface area contributed by atoms with Crippen molar-refractivity contribution in [2.45, 2.75) is 44.6 Å². The number of benzene rings is 1. The number of halogens is 1. The number of aliphatic imine (C=N–C) groups is 1. The van der Waals surface area contributed by atoms with E-state index in [1.807, 2.05) is 33.0 Å². The molecule has 1 saturated heterocycles. The Kier molecular flexibility index (Phi) is 9.21. The van der Waals surface area contributed by atoms with Crippen LogP contribution >= 0.6 is 11.8 Å². The molecule has 3 rings (SSSR count). The zero-order valence-corrected chi connectivity index (χ0v) is 19.6. The lowest BCUT2D eigenvalue weighted by Crippen LogP contribution is -2.43. The highest BCUT2D eigenvalue weighted by Gasteiger charge is 2.21. The molecule has 0 unspecified atom stereocenters. The van der Waals surface area contributed by atoms with Crippen LogP contribution in [-0.4, -0.2) is 54.8 Å². The highest BCUT2D eigenvalue weighted by Crippen LogP contribution is 2.20.